The van der Waals surface area contributed by atoms with Crippen molar-refractivity contribution in [2.75, 3.05) is 0 Å². The van der Waals surface area contributed by atoms with E-state index < -0.39 is 0 Å². The van der Waals surface area contributed by atoms with Crippen LogP contribution in [0.1, 0.15) is 0 Å². The van der Waals surface area contributed by atoms with Gasteiger partial charge in [0.1, 0.15) is 11.2 Å². The van der Waals surface area contributed by atoms with Crippen LogP contribution in [0.25, 0.3) is 142 Å². The molecule has 0 N–H and O–H groups in total. The zero-order chi connectivity index (χ0) is 43.3. The fraction of sp³-hybridized carbons (Fsp3) is 0. The average molecular weight is 858 g/mol. The van der Waals surface area contributed by atoms with Crippen LogP contribution in [0.3, 0.4) is 0 Å². The molecule has 4 nitrogen and oxygen atoms in total. The lowest BCUT2D eigenvalue weighted by atomic mass is 9.92. The van der Waals surface area contributed by atoms with Crippen LogP contribution < -0.4 is 0 Å². The van der Waals surface area contributed by atoms with Crippen molar-refractivity contribution < 1.29 is 4.42 Å². The Morgan fingerprint density at radius 1 is 0.288 bits per heavy atom. The second-order valence-electron chi connectivity index (χ2n) is 17.1. The third-order valence-corrected chi connectivity index (χ3v) is 14.4. The number of aromatic nitrogens is 3. The Balaban J connectivity index is 0.959. The van der Waals surface area contributed by atoms with E-state index >= 15 is 0 Å². The summed E-state index contributed by atoms with van der Waals surface area (Å²) in [5.41, 5.74) is 8.69. The van der Waals surface area contributed by atoms with Crippen LogP contribution in [0.4, 0.5) is 0 Å². The van der Waals surface area contributed by atoms with Crippen molar-refractivity contribution in [3.8, 4) is 56.4 Å². The molecule has 306 valence electrons. The molecule has 0 bridgehead atoms. The van der Waals surface area contributed by atoms with Crippen molar-refractivity contribution in [2.45, 2.75) is 0 Å². The molecular weight excluding hydrogens is 823 g/mol. The fourth-order valence-electron chi connectivity index (χ4n) is 10.2. The van der Waals surface area contributed by atoms with Crippen molar-refractivity contribution >= 4 is 96.5 Å². The lowest BCUT2D eigenvalue weighted by molar-refractivity contribution is 0.669. The molecule has 11 aromatic carbocycles. The minimum absolute atomic E-state index is 0.574. The van der Waals surface area contributed by atoms with Gasteiger partial charge in [0, 0.05) is 47.6 Å². The predicted molar refractivity (Wildman–Crippen MR) is 277 cm³/mol. The lowest BCUT2D eigenvalue weighted by Crippen LogP contribution is -2.00. The second-order valence-corrected chi connectivity index (χ2v) is 18.2. The molecule has 14 rings (SSSR count). The normalized spacial score (nSPS) is 11.9. The smallest absolute Gasteiger partial charge is 0.164 e. The Labute approximate surface area is 382 Å². The van der Waals surface area contributed by atoms with Crippen LogP contribution in [0, 0.1) is 0 Å². The number of para-hydroxylation sites is 1. The quantitative estimate of drug-likeness (QED) is 0.162. The van der Waals surface area contributed by atoms with E-state index in [1.807, 2.05) is 41.7 Å². The first kappa shape index (κ1) is 36.9. The van der Waals surface area contributed by atoms with E-state index in [0.29, 0.717) is 17.5 Å². The van der Waals surface area contributed by atoms with Gasteiger partial charge in [-0.15, -0.1) is 11.3 Å². The standard InChI is InChI=1S/C61H35N3OS/c1-2-14-37(15-3-1)59-62-60(41-17-12-16-38(31-41)39-25-28-48-46-21-7-6-19-44(46)45-20-8-9-22-47(45)51(48)32-39)64-61(63-59)42-34-50(57-49-23-10-11-24-53(49)65-54(57)35-42)40-27-29-55-52(33-40)58-43-18-5-4-13-36(43)26-30-56(58)66-55/h1-35H. The first-order valence-corrected chi connectivity index (χ1v) is 23.1. The maximum atomic E-state index is 6.68. The van der Waals surface area contributed by atoms with Gasteiger partial charge in [0.2, 0.25) is 0 Å². The molecule has 5 heteroatoms. The Hall–Kier alpha value is -8.51. The van der Waals surface area contributed by atoms with Gasteiger partial charge < -0.3 is 4.42 Å². The molecule has 0 aliphatic rings. The number of nitrogens with zero attached hydrogens (tertiary/aromatic N) is 3. The number of fused-ring (bicyclic) bond motifs is 14. The molecule has 0 aliphatic heterocycles. The summed E-state index contributed by atoms with van der Waals surface area (Å²) in [6, 6.07) is 75.7. The Morgan fingerprint density at radius 3 is 1.64 bits per heavy atom. The van der Waals surface area contributed by atoms with Crippen LogP contribution in [0.15, 0.2) is 217 Å². The van der Waals surface area contributed by atoms with E-state index in [0.717, 1.165) is 60.9 Å². The maximum absolute atomic E-state index is 6.68. The minimum Gasteiger partial charge on any atom is -0.456 e. The molecule has 0 atom stereocenters. The zero-order valence-corrected chi connectivity index (χ0v) is 36.2. The predicted octanol–water partition coefficient (Wildman–Crippen LogP) is 17.1. The molecule has 0 fully saturated rings. The van der Waals surface area contributed by atoms with E-state index in [9.17, 15) is 0 Å². The minimum atomic E-state index is 0.574. The van der Waals surface area contributed by atoms with E-state index in [1.165, 1.54) is 63.3 Å². The second kappa shape index (κ2) is 14.5. The van der Waals surface area contributed by atoms with Gasteiger partial charge in [-0.2, -0.15) is 0 Å². The molecular formula is C61H35N3OS. The van der Waals surface area contributed by atoms with Crippen LogP contribution in [0.2, 0.25) is 0 Å². The number of furan rings is 1. The third-order valence-electron chi connectivity index (χ3n) is 13.3. The number of thiophene rings is 1. The third kappa shape index (κ3) is 5.80. The van der Waals surface area contributed by atoms with Gasteiger partial charge >= 0.3 is 0 Å². The molecule has 0 saturated heterocycles. The number of benzene rings is 11. The first-order valence-electron chi connectivity index (χ1n) is 22.2. The topological polar surface area (TPSA) is 51.8 Å². The van der Waals surface area contributed by atoms with E-state index in [4.69, 9.17) is 19.4 Å². The molecule has 3 heterocycles. The highest BCUT2D eigenvalue weighted by molar-refractivity contribution is 7.26. The van der Waals surface area contributed by atoms with Gasteiger partial charge in [-0.05, 0) is 114 Å². The van der Waals surface area contributed by atoms with Crippen molar-refractivity contribution in [3.05, 3.63) is 212 Å². The highest BCUT2D eigenvalue weighted by Gasteiger charge is 2.20. The van der Waals surface area contributed by atoms with Gasteiger partial charge in [0.25, 0.3) is 0 Å². The summed E-state index contributed by atoms with van der Waals surface area (Å²) in [5.74, 6) is 1.78. The number of hydrogen-bond donors (Lipinski definition) is 0. The lowest BCUT2D eigenvalue weighted by Gasteiger charge is -2.13. The van der Waals surface area contributed by atoms with E-state index in [-0.39, 0.29) is 0 Å². The van der Waals surface area contributed by atoms with Crippen LogP contribution >= 0.6 is 11.3 Å². The molecule has 0 aliphatic carbocycles. The largest absolute Gasteiger partial charge is 0.456 e. The number of hydrogen-bond acceptors (Lipinski definition) is 5. The average Bonchev–Trinajstić information content (AvgIpc) is 3.97. The molecule has 0 amide bonds. The Kier molecular flexibility index (Phi) is 8.12. The SMILES string of the molecule is c1ccc(-c2nc(-c3cccc(-c4ccc5c6ccccc6c6ccccc6c5c4)c3)nc(-c3cc(-c4ccc5sc6ccc7ccccc7c6c5c4)c4c(c3)oc3ccccc34)n2)cc1. The highest BCUT2D eigenvalue weighted by Crippen LogP contribution is 2.45. The van der Waals surface area contributed by atoms with Crippen LogP contribution in [0.5, 0.6) is 0 Å². The van der Waals surface area contributed by atoms with E-state index in [2.05, 4.69) is 182 Å². The Morgan fingerprint density at radius 2 is 0.848 bits per heavy atom. The summed E-state index contributed by atoms with van der Waals surface area (Å²) >= 11 is 1.84. The van der Waals surface area contributed by atoms with Crippen molar-refractivity contribution in [1.82, 2.24) is 15.0 Å². The monoisotopic (exact) mass is 857 g/mol. The molecule has 0 saturated carbocycles. The Bertz CT molecular complexity index is 4270. The van der Waals surface area contributed by atoms with Crippen molar-refractivity contribution in [1.29, 1.82) is 0 Å². The van der Waals surface area contributed by atoms with Crippen LogP contribution in [-0.2, 0) is 0 Å². The van der Waals surface area contributed by atoms with E-state index in [1.54, 1.807) is 0 Å². The van der Waals surface area contributed by atoms with Crippen molar-refractivity contribution in [2.24, 2.45) is 0 Å². The van der Waals surface area contributed by atoms with Crippen LogP contribution in [-0.4, -0.2) is 15.0 Å². The van der Waals surface area contributed by atoms with Gasteiger partial charge in [0.05, 0.1) is 0 Å². The fourth-order valence-corrected chi connectivity index (χ4v) is 11.3. The van der Waals surface area contributed by atoms with Gasteiger partial charge in [-0.25, -0.2) is 15.0 Å². The molecule has 0 radical (unpaired) electrons. The molecule has 3 aromatic heterocycles. The maximum Gasteiger partial charge on any atom is 0.164 e. The summed E-state index contributed by atoms with van der Waals surface area (Å²) in [7, 11) is 0. The molecule has 14 aromatic rings. The highest BCUT2D eigenvalue weighted by atomic mass is 32.1. The summed E-state index contributed by atoms with van der Waals surface area (Å²) in [6.07, 6.45) is 0. The summed E-state index contributed by atoms with van der Waals surface area (Å²) in [4.78, 5) is 15.7. The van der Waals surface area contributed by atoms with Crippen molar-refractivity contribution in [3.63, 3.8) is 0 Å². The molecule has 0 spiro atoms. The van der Waals surface area contributed by atoms with Gasteiger partial charge in [-0.3, -0.25) is 0 Å². The summed E-state index contributed by atoms with van der Waals surface area (Å²) in [5, 5.41) is 14.7. The summed E-state index contributed by atoms with van der Waals surface area (Å²) in [6.45, 7) is 0. The van der Waals surface area contributed by atoms with Gasteiger partial charge in [0.15, 0.2) is 17.5 Å². The van der Waals surface area contributed by atoms with Gasteiger partial charge in [-0.1, -0.05) is 164 Å². The molecule has 0 unspecified atom stereocenters. The zero-order valence-electron chi connectivity index (χ0n) is 35.4. The summed E-state index contributed by atoms with van der Waals surface area (Å²) < 4.78 is 9.23. The number of rotatable bonds is 5. The molecule has 66 heavy (non-hydrogen) atoms. The first-order chi connectivity index (χ1) is 32.7.